The Morgan fingerprint density at radius 3 is 2.95 bits per heavy atom. The molecule has 0 atom stereocenters. The predicted molar refractivity (Wildman–Crippen MR) is 68.6 cm³/mol. The number of carbonyl (C=O) groups is 1. The third-order valence-corrected chi connectivity index (χ3v) is 3.37. The van der Waals surface area contributed by atoms with Gasteiger partial charge in [0.2, 0.25) is 5.82 Å². The molecule has 6 heteroatoms. The van der Waals surface area contributed by atoms with Crippen molar-refractivity contribution in [2.75, 3.05) is 13.1 Å². The zero-order chi connectivity index (χ0) is 13.2. The first-order chi connectivity index (χ1) is 9.29. The molecule has 0 aromatic carbocycles. The maximum Gasteiger partial charge on any atom is 0.291 e. The quantitative estimate of drug-likeness (QED) is 0.813. The number of pyridine rings is 1. The molecule has 0 unspecified atom stereocenters. The van der Waals surface area contributed by atoms with Crippen LogP contribution in [0.25, 0.3) is 0 Å². The van der Waals surface area contributed by atoms with E-state index in [1.54, 1.807) is 11.1 Å². The molecule has 3 rings (SSSR count). The number of likely N-dealkylation sites (N-methyl/N-ethyl adjacent to an activating group) is 1. The number of rotatable bonds is 3. The lowest BCUT2D eigenvalue weighted by Crippen LogP contribution is -2.40. The summed E-state index contributed by atoms with van der Waals surface area (Å²) in [5.41, 5.74) is 1.07. The van der Waals surface area contributed by atoms with Gasteiger partial charge >= 0.3 is 0 Å². The monoisotopic (exact) mass is 257 g/mol. The van der Waals surface area contributed by atoms with Gasteiger partial charge in [-0.15, -0.1) is 10.2 Å². The Labute approximate surface area is 111 Å². The molecule has 6 nitrogen and oxygen atoms in total. The van der Waals surface area contributed by atoms with Crippen molar-refractivity contribution in [3.63, 3.8) is 0 Å². The first-order valence-corrected chi connectivity index (χ1v) is 6.40. The van der Waals surface area contributed by atoms with Crippen molar-refractivity contribution in [1.82, 2.24) is 24.6 Å². The van der Waals surface area contributed by atoms with Gasteiger partial charge in [0, 0.05) is 38.4 Å². The topological polar surface area (TPSA) is 63.9 Å². The largest absolute Gasteiger partial charge is 0.334 e. The Morgan fingerprint density at radius 1 is 1.32 bits per heavy atom. The van der Waals surface area contributed by atoms with Gasteiger partial charge in [-0.1, -0.05) is 6.07 Å². The Morgan fingerprint density at radius 2 is 2.21 bits per heavy atom. The maximum absolute atomic E-state index is 12.1. The highest BCUT2D eigenvalue weighted by Crippen LogP contribution is 2.14. The summed E-state index contributed by atoms with van der Waals surface area (Å²) in [6.45, 7) is 4.17. The van der Waals surface area contributed by atoms with Crippen molar-refractivity contribution in [3.8, 4) is 0 Å². The van der Waals surface area contributed by atoms with Crippen LogP contribution in [0.4, 0.5) is 0 Å². The highest BCUT2D eigenvalue weighted by atomic mass is 16.2. The first kappa shape index (κ1) is 11.8. The van der Waals surface area contributed by atoms with E-state index in [4.69, 9.17) is 0 Å². The van der Waals surface area contributed by atoms with E-state index in [0.717, 1.165) is 24.5 Å². The Bertz CT molecular complexity index is 592. The standard InChI is InChI=1S/C13H15N5O/c1-2-17-6-7-18-11(15-16-12(18)13(17)19)8-10-4-3-5-14-9-10/h3-5,9H,2,6-8H2,1H3. The summed E-state index contributed by atoms with van der Waals surface area (Å²) in [6, 6.07) is 3.89. The lowest BCUT2D eigenvalue weighted by atomic mass is 10.2. The Kier molecular flexibility index (Phi) is 2.98. The smallest absolute Gasteiger partial charge is 0.291 e. The Hall–Kier alpha value is -2.24. The average Bonchev–Trinajstić information content (AvgIpc) is 2.85. The lowest BCUT2D eigenvalue weighted by molar-refractivity contribution is 0.0705. The van der Waals surface area contributed by atoms with Crippen LogP contribution < -0.4 is 0 Å². The van der Waals surface area contributed by atoms with E-state index in [2.05, 4.69) is 15.2 Å². The molecule has 1 aliphatic rings. The molecule has 2 aromatic heterocycles. The van der Waals surface area contributed by atoms with E-state index in [-0.39, 0.29) is 5.91 Å². The molecule has 0 fully saturated rings. The Balaban J connectivity index is 1.88. The van der Waals surface area contributed by atoms with E-state index in [9.17, 15) is 4.79 Å². The van der Waals surface area contributed by atoms with Crippen LogP contribution in [0, 0.1) is 0 Å². The molecule has 0 aliphatic carbocycles. The summed E-state index contributed by atoms with van der Waals surface area (Å²) in [7, 11) is 0. The molecule has 1 aliphatic heterocycles. The second-order valence-electron chi connectivity index (χ2n) is 4.51. The molecule has 2 aromatic rings. The first-order valence-electron chi connectivity index (χ1n) is 6.40. The predicted octanol–water partition coefficient (Wildman–Crippen LogP) is 0.740. The molecular formula is C13H15N5O. The van der Waals surface area contributed by atoms with Gasteiger partial charge in [-0.3, -0.25) is 9.78 Å². The number of nitrogens with zero attached hydrogens (tertiary/aromatic N) is 5. The van der Waals surface area contributed by atoms with Gasteiger partial charge < -0.3 is 9.47 Å². The van der Waals surface area contributed by atoms with Crippen LogP contribution in [0.3, 0.4) is 0 Å². The third-order valence-electron chi connectivity index (χ3n) is 3.37. The van der Waals surface area contributed by atoms with E-state index in [1.165, 1.54) is 0 Å². The normalized spacial score (nSPS) is 14.6. The maximum atomic E-state index is 12.1. The van der Waals surface area contributed by atoms with E-state index < -0.39 is 0 Å². The summed E-state index contributed by atoms with van der Waals surface area (Å²) in [6.07, 6.45) is 4.20. The summed E-state index contributed by atoms with van der Waals surface area (Å²) in [5.74, 6) is 1.25. The minimum absolute atomic E-state index is 0.0290. The zero-order valence-electron chi connectivity index (χ0n) is 10.8. The van der Waals surface area contributed by atoms with Crippen molar-refractivity contribution in [3.05, 3.63) is 41.7 Å². The summed E-state index contributed by atoms with van der Waals surface area (Å²) >= 11 is 0. The van der Waals surface area contributed by atoms with Crippen LogP contribution in [0.2, 0.25) is 0 Å². The van der Waals surface area contributed by atoms with Crippen LogP contribution >= 0.6 is 0 Å². The van der Waals surface area contributed by atoms with Gasteiger partial charge in [-0.25, -0.2) is 0 Å². The van der Waals surface area contributed by atoms with Crippen molar-refractivity contribution in [2.45, 2.75) is 19.9 Å². The second kappa shape index (κ2) is 4.79. The summed E-state index contributed by atoms with van der Waals surface area (Å²) < 4.78 is 1.92. The fraction of sp³-hybridized carbons (Fsp3) is 0.385. The number of carbonyl (C=O) groups excluding carboxylic acids is 1. The van der Waals surface area contributed by atoms with E-state index in [0.29, 0.717) is 18.8 Å². The van der Waals surface area contributed by atoms with Crippen LogP contribution in [-0.2, 0) is 13.0 Å². The van der Waals surface area contributed by atoms with Crippen molar-refractivity contribution in [2.24, 2.45) is 0 Å². The molecule has 0 N–H and O–H groups in total. The van der Waals surface area contributed by atoms with Gasteiger partial charge in [0.25, 0.3) is 5.91 Å². The van der Waals surface area contributed by atoms with Gasteiger partial charge in [0.05, 0.1) is 0 Å². The molecule has 0 bridgehead atoms. The fourth-order valence-corrected chi connectivity index (χ4v) is 2.31. The van der Waals surface area contributed by atoms with Crippen molar-refractivity contribution < 1.29 is 4.79 Å². The van der Waals surface area contributed by atoms with Gasteiger partial charge in [0.15, 0.2) is 0 Å². The minimum Gasteiger partial charge on any atom is -0.334 e. The van der Waals surface area contributed by atoms with E-state index in [1.807, 2.05) is 29.8 Å². The average molecular weight is 257 g/mol. The number of amides is 1. The number of aromatic nitrogens is 4. The molecule has 19 heavy (non-hydrogen) atoms. The molecular weight excluding hydrogens is 242 g/mol. The SMILES string of the molecule is CCN1CCn2c(Cc3cccnc3)nnc2C1=O. The molecule has 0 saturated heterocycles. The summed E-state index contributed by atoms with van der Waals surface area (Å²) in [4.78, 5) is 18.0. The number of hydrogen-bond donors (Lipinski definition) is 0. The molecule has 1 amide bonds. The molecule has 0 radical (unpaired) electrons. The third kappa shape index (κ3) is 2.09. The van der Waals surface area contributed by atoms with Crippen molar-refractivity contribution in [1.29, 1.82) is 0 Å². The van der Waals surface area contributed by atoms with Crippen molar-refractivity contribution >= 4 is 5.91 Å². The van der Waals surface area contributed by atoms with Crippen LogP contribution in [0.5, 0.6) is 0 Å². The van der Waals surface area contributed by atoms with Gasteiger partial charge in [-0.2, -0.15) is 0 Å². The van der Waals surface area contributed by atoms with Crippen LogP contribution in [0.1, 0.15) is 28.9 Å². The minimum atomic E-state index is -0.0290. The highest BCUT2D eigenvalue weighted by molar-refractivity contribution is 5.91. The molecule has 3 heterocycles. The zero-order valence-corrected chi connectivity index (χ0v) is 10.8. The van der Waals surface area contributed by atoms with Gasteiger partial charge in [0.1, 0.15) is 5.82 Å². The second-order valence-corrected chi connectivity index (χ2v) is 4.51. The highest BCUT2D eigenvalue weighted by Gasteiger charge is 2.27. The van der Waals surface area contributed by atoms with Crippen LogP contribution in [0.15, 0.2) is 24.5 Å². The fourth-order valence-electron chi connectivity index (χ4n) is 2.31. The number of fused-ring (bicyclic) bond motifs is 1. The summed E-state index contributed by atoms with van der Waals surface area (Å²) in [5, 5.41) is 8.18. The molecule has 98 valence electrons. The van der Waals surface area contributed by atoms with E-state index >= 15 is 0 Å². The lowest BCUT2D eigenvalue weighted by Gasteiger charge is -2.26. The number of hydrogen-bond acceptors (Lipinski definition) is 4. The van der Waals surface area contributed by atoms with Crippen LogP contribution in [-0.4, -0.2) is 43.6 Å². The molecule has 0 spiro atoms. The molecule has 0 saturated carbocycles. The van der Waals surface area contributed by atoms with Gasteiger partial charge in [-0.05, 0) is 18.6 Å².